The van der Waals surface area contributed by atoms with E-state index in [0.29, 0.717) is 6.54 Å². The van der Waals surface area contributed by atoms with Crippen LogP contribution >= 0.6 is 22.9 Å². The van der Waals surface area contributed by atoms with Crippen LogP contribution < -0.4 is 5.32 Å². The van der Waals surface area contributed by atoms with Crippen molar-refractivity contribution in [1.29, 1.82) is 0 Å². The van der Waals surface area contributed by atoms with Crippen molar-refractivity contribution in [2.75, 3.05) is 20.2 Å². The Morgan fingerprint density at radius 1 is 1.53 bits per heavy atom. The summed E-state index contributed by atoms with van der Waals surface area (Å²) in [5, 5.41) is 3.26. The third-order valence-corrected chi connectivity index (χ3v) is 3.77. The van der Waals surface area contributed by atoms with E-state index in [-0.39, 0.29) is 5.97 Å². The minimum atomic E-state index is -0.484. The zero-order chi connectivity index (χ0) is 12.9. The van der Waals surface area contributed by atoms with Gasteiger partial charge in [-0.15, -0.1) is 11.3 Å². The fourth-order valence-corrected chi connectivity index (χ4v) is 2.53. The number of hydrogen-bond donors (Lipinski definition) is 1. The van der Waals surface area contributed by atoms with Gasteiger partial charge in [-0.2, -0.15) is 0 Å². The van der Waals surface area contributed by atoms with Crippen LogP contribution in [0.1, 0.15) is 18.7 Å². The molecule has 0 fully saturated rings. The normalized spacial score (nSPS) is 11.5. The SMILES string of the molecule is COC(=O)C(C)(C)CNCCc1ccc(Cl)s1. The van der Waals surface area contributed by atoms with Crippen LogP contribution in [0, 0.1) is 5.41 Å². The van der Waals surface area contributed by atoms with E-state index in [9.17, 15) is 4.79 Å². The average Bonchev–Trinajstić information content (AvgIpc) is 2.69. The van der Waals surface area contributed by atoms with Gasteiger partial charge in [0.1, 0.15) is 0 Å². The molecule has 0 atom stereocenters. The van der Waals surface area contributed by atoms with Gasteiger partial charge in [-0.05, 0) is 38.9 Å². The summed E-state index contributed by atoms with van der Waals surface area (Å²) in [6.45, 7) is 5.18. The smallest absolute Gasteiger partial charge is 0.312 e. The van der Waals surface area contributed by atoms with Gasteiger partial charge in [-0.3, -0.25) is 4.79 Å². The second-order valence-corrected chi connectivity index (χ2v) is 6.31. The zero-order valence-corrected chi connectivity index (χ0v) is 12.0. The second-order valence-electron chi connectivity index (χ2n) is 4.51. The number of rotatable bonds is 6. The Hall–Kier alpha value is -0.580. The van der Waals surface area contributed by atoms with Crippen molar-refractivity contribution in [3.63, 3.8) is 0 Å². The highest BCUT2D eigenvalue weighted by Gasteiger charge is 2.27. The number of hydrogen-bond acceptors (Lipinski definition) is 4. The highest BCUT2D eigenvalue weighted by Crippen LogP contribution is 2.21. The van der Waals surface area contributed by atoms with Gasteiger partial charge in [0.05, 0.1) is 16.9 Å². The molecule has 1 aromatic rings. The molecule has 3 nitrogen and oxygen atoms in total. The number of ether oxygens (including phenoxy) is 1. The second kappa shape index (κ2) is 6.38. The van der Waals surface area contributed by atoms with Crippen molar-refractivity contribution in [3.05, 3.63) is 21.3 Å². The van der Waals surface area contributed by atoms with Crippen molar-refractivity contribution >= 4 is 28.9 Å². The van der Waals surface area contributed by atoms with E-state index in [1.54, 1.807) is 11.3 Å². The van der Waals surface area contributed by atoms with Crippen molar-refractivity contribution in [1.82, 2.24) is 5.32 Å². The molecular formula is C12H18ClNO2S. The first-order valence-corrected chi connectivity index (χ1v) is 6.68. The summed E-state index contributed by atoms with van der Waals surface area (Å²) in [5.41, 5.74) is -0.484. The lowest BCUT2D eigenvalue weighted by atomic mass is 9.94. The Morgan fingerprint density at radius 2 is 2.24 bits per heavy atom. The van der Waals surface area contributed by atoms with Gasteiger partial charge in [0, 0.05) is 11.4 Å². The van der Waals surface area contributed by atoms with Crippen LogP contribution in [0.4, 0.5) is 0 Å². The number of nitrogens with one attached hydrogen (secondary N) is 1. The van der Waals surface area contributed by atoms with E-state index in [1.165, 1.54) is 12.0 Å². The van der Waals surface area contributed by atoms with Gasteiger partial charge in [0.2, 0.25) is 0 Å². The highest BCUT2D eigenvalue weighted by molar-refractivity contribution is 7.16. The molecule has 0 saturated heterocycles. The van der Waals surface area contributed by atoms with E-state index < -0.39 is 5.41 Å². The third-order valence-electron chi connectivity index (χ3n) is 2.48. The van der Waals surface area contributed by atoms with Gasteiger partial charge in [-0.25, -0.2) is 0 Å². The van der Waals surface area contributed by atoms with Crippen molar-refractivity contribution in [2.45, 2.75) is 20.3 Å². The highest BCUT2D eigenvalue weighted by atomic mass is 35.5. The summed E-state index contributed by atoms with van der Waals surface area (Å²) < 4.78 is 5.55. The minimum absolute atomic E-state index is 0.191. The molecule has 1 heterocycles. The van der Waals surface area contributed by atoms with Crippen molar-refractivity contribution < 1.29 is 9.53 Å². The maximum Gasteiger partial charge on any atom is 0.312 e. The van der Waals surface area contributed by atoms with E-state index in [2.05, 4.69) is 5.32 Å². The first-order valence-electron chi connectivity index (χ1n) is 5.49. The molecule has 0 bridgehead atoms. The first-order chi connectivity index (χ1) is 7.95. The maximum absolute atomic E-state index is 11.4. The van der Waals surface area contributed by atoms with Crippen LogP contribution in [-0.4, -0.2) is 26.2 Å². The lowest BCUT2D eigenvalue weighted by molar-refractivity contribution is -0.150. The van der Waals surface area contributed by atoms with E-state index in [1.807, 2.05) is 26.0 Å². The molecule has 1 aromatic heterocycles. The molecule has 5 heteroatoms. The van der Waals surface area contributed by atoms with Crippen LogP contribution in [0.3, 0.4) is 0 Å². The predicted molar refractivity (Wildman–Crippen MR) is 71.7 cm³/mol. The topological polar surface area (TPSA) is 38.3 Å². The summed E-state index contributed by atoms with van der Waals surface area (Å²) in [4.78, 5) is 12.7. The Morgan fingerprint density at radius 3 is 2.76 bits per heavy atom. The van der Waals surface area contributed by atoms with E-state index in [0.717, 1.165) is 17.3 Å². The number of halogens is 1. The summed E-state index contributed by atoms with van der Waals surface area (Å²) in [6.07, 6.45) is 0.925. The maximum atomic E-state index is 11.4. The lowest BCUT2D eigenvalue weighted by Gasteiger charge is -2.21. The zero-order valence-electron chi connectivity index (χ0n) is 10.4. The standard InChI is InChI=1S/C12H18ClNO2S/c1-12(2,11(15)16-3)8-14-7-6-9-4-5-10(13)17-9/h4-5,14H,6-8H2,1-3H3. The summed E-state index contributed by atoms with van der Waals surface area (Å²) >= 11 is 7.43. The molecule has 0 aliphatic carbocycles. The first kappa shape index (κ1) is 14.5. The molecular weight excluding hydrogens is 258 g/mol. The number of carbonyl (C=O) groups excluding carboxylic acids is 1. The van der Waals surface area contributed by atoms with Crippen molar-refractivity contribution in [2.24, 2.45) is 5.41 Å². The molecule has 0 radical (unpaired) electrons. The Bertz CT molecular complexity index is 376. The van der Waals surface area contributed by atoms with E-state index in [4.69, 9.17) is 16.3 Å². The molecule has 0 spiro atoms. The van der Waals surface area contributed by atoms with Gasteiger partial charge >= 0.3 is 5.97 Å². The Labute approximate surface area is 111 Å². The quantitative estimate of drug-likeness (QED) is 0.641. The largest absolute Gasteiger partial charge is 0.469 e. The molecule has 0 aliphatic heterocycles. The fourth-order valence-electron chi connectivity index (χ4n) is 1.45. The summed E-state index contributed by atoms with van der Waals surface area (Å²) in [5.74, 6) is -0.191. The van der Waals surface area contributed by atoms with Crippen LogP contribution in [0.25, 0.3) is 0 Å². The molecule has 0 unspecified atom stereocenters. The summed E-state index contributed by atoms with van der Waals surface area (Å²) in [7, 11) is 1.41. The monoisotopic (exact) mass is 275 g/mol. The minimum Gasteiger partial charge on any atom is -0.469 e. The van der Waals surface area contributed by atoms with Gasteiger partial charge in [-0.1, -0.05) is 11.6 Å². The third kappa shape index (κ3) is 4.66. The van der Waals surface area contributed by atoms with E-state index >= 15 is 0 Å². The number of thiophene rings is 1. The molecule has 1 N–H and O–H groups in total. The van der Waals surface area contributed by atoms with Crippen molar-refractivity contribution in [3.8, 4) is 0 Å². The Balaban J connectivity index is 2.26. The number of carbonyl (C=O) groups is 1. The lowest BCUT2D eigenvalue weighted by Crippen LogP contribution is -2.37. The molecule has 17 heavy (non-hydrogen) atoms. The molecule has 1 rings (SSSR count). The molecule has 0 amide bonds. The van der Waals surface area contributed by atoms with Gasteiger partial charge < -0.3 is 10.1 Å². The average molecular weight is 276 g/mol. The Kier molecular flexibility index (Phi) is 5.43. The predicted octanol–water partition coefficient (Wildman–Crippen LogP) is 2.73. The van der Waals surface area contributed by atoms with Crippen LogP contribution in [0.15, 0.2) is 12.1 Å². The van der Waals surface area contributed by atoms with Crippen LogP contribution in [0.2, 0.25) is 4.34 Å². The van der Waals surface area contributed by atoms with Gasteiger partial charge in [0.25, 0.3) is 0 Å². The molecule has 0 saturated carbocycles. The fraction of sp³-hybridized carbons (Fsp3) is 0.583. The van der Waals surface area contributed by atoms with Crippen LogP contribution in [0.5, 0.6) is 0 Å². The number of methoxy groups -OCH3 is 1. The van der Waals surface area contributed by atoms with Gasteiger partial charge in [0.15, 0.2) is 0 Å². The number of esters is 1. The van der Waals surface area contributed by atoms with Crippen LogP contribution in [-0.2, 0) is 16.0 Å². The molecule has 0 aliphatic rings. The molecule has 96 valence electrons. The molecule has 0 aromatic carbocycles. The summed E-state index contributed by atoms with van der Waals surface area (Å²) in [6, 6.07) is 3.93.